The fourth-order valence-corrected chi connectivity index (χ4v) is 2.93. The Kier molecular flexibility index (Phi) is 4.97. The van der Waals surface area contributed by atoms with Gasteiger partial charge < -0.3 is 5.32 Å². The van der Waals surface area contributed by atoms with Gasteiger partial charge in [0.1, 0.15) is 0 Å². The van der Waals surface area contributed by atoms with Crippen LogP contribution in [0.5, 0.6) is 0 Å². The lowest BCUT2D eigenvalue weighted by Gasteiger charge is -2.14. The minimum absolute atomic E-state index is 0.0725. The van der Waals surface area contributed by atoms with Gasteiger partial charge >= 0.3 is 0 Å². The molecule has 22 heavy (non-hydrogen) atoms. The summed E-state index contributed by atoms with van der Waals surface area (Å²) >= 11 is 0. The molecular formula is C15H19N3O3S. The summed E-state index contributed by atoms with van der Waals surface area (Å²) in [5.41, 5.74) is 1.06. The average molecular weight is 321 g/mol. The Balaban J connectivity index is 2.01. The van der Waals surface area contributed by atoms with Crippen LogP contribution in [0, 0.1) is 0 Å². The molecule has 0 aliphatic carbocycles. The number of sulfone groups is 1. The van der Waals surface area contributed by atoms with Gasteiger partial charge in [0.05, 0.1) is 12.3 Å². The summed E-state index contributed by atoms with van der Waals surface area (Å²) in [5, 5.41) is 6.96. The second-order valence-electron chi connectivity index (χ2n) is 5.37. The van der Waals surface area contributed by atoms with E-state index in [1.54, 1.807) is 35.1 Å². The van der Waals surface area contributed by atoms with E-state index in [1.165, 1.54) is 6.26 Å². The lowest BCUT2D eigenvalue weighted by Crippen LogP contribution is -2.35. The van der Waals surface area contributed by atoms with Gasteiger partial charge in [-0.1, -0.05) is 12.1 Å². The van der Waals surface area contributed by atoms with Crippen LogP contribution >= 0.6 is 0 Å². The number of hydrogen-bond acceptors (Lipinski definition) is 4. The maximum Gasteiger partial charge on any atom is 0.251 e. The van der Waals surface area contributed by atoms with Gasteiger partial charge in [-0.2, -0.15) is 5.10 Å². The zero-order valence-corrected chi connectivity index (χ0v) is 13.4. The molecule has 1 atom stereocenters. The first-order valence-corrected chi connectivity index (χ1v) is 8.94. The summed E-state index contributed by atoms with van der Waals surface area (Å²) < 4.78 is 24.4. The van der Waals surface area contributed by atoms with Gasteiger partial charge in [-0.25, -0.2) is 8.42 Å². The number of amides is 1. The predicted molar refractivity (Wildman–Crippen MR) is 84.1 cm³/mol. The van der Waals surface area contributed by atoms with Crippen molar-refractivity contribution < 1.29 is 13.2 Å². The molecule has 1 amide bonds. The molecular weight excluding hydrogens is 302 g/mol. The van der Waals surface area contributed by atoms with E-state index in [-0.39, 0.29) is 17.7 Å². The molecule has 0 unspecified atom stereocenters. The molecule has 1 N–H and O–H groups in total. The van der Waals surface area contributed by atoms with Crippen LogP contribution in [-0.2, 0) is 22.1 Å². The van der Waals surface area contributed by atoms with Crippen molar-refractivity contribution in [1.29, 1.82) is 0 Å². The summed E-state index contributed by atoms with van der Waals surface area (Å²) in [6.45, 7) is 2.46. The number of nitrogens with one attached hydrogen (secondary N) is 1. The predicted octanol–water partition coefficient (Wildman–Crippen LogP) is 1.25. The number of carbonyl (C=O) groups excluding carboxylic acids is 1. The Labute approximate surface area is 130 Å². The molecule has 2 rings (SSSR count). The van der Waals surface area contributed by atoms with Crippen LogP contribution in [0.25, 0.3) is 0 Å². The lowest BCUT2D eigenvalue weighted by molar-refractivity contribution is 0.0936. The maximum absolute atomic E-state index is 12.2. The molecule has 6 nitrogen and oxygen atoms in total. The SMILES string of the molecule is C[C@H](Cn1cccn1)NC(=O)c1cccc(CS(C)(=O)=O)c1. The molecule has 0 radical (unpaired) electrons. The zero-order chi connectivity index (χ0) is 16.2. The molecule has 2 aromatic rings. The van der Waals surface area contributed by atoms with Crippen LogP contribution in [-0.4, -0.2) is 36.4 Å². The summed E-state index contributed by atoms with van der Waals surface area (Å²) in [6, 6.07) is 8.39. The third-order valence-corrected chi connectivity index (χ3v) is 3.87. The van der Waals surface area contributed by atoms with Crippen LogP contribution < -0.4 is 5.32 Å². The smallest absolute Gasteiger partial charge is 0.251 e. The maximum atomic E-state index is 12.2. The van der Waals surface area contributed by atoms with Crippen molar-refractivity contribution in [2.24, 2.45) is 0 Å². The Morgan fingerprint density at radius 2 is 2.14 bits per heavy atom. The van der Waals surface area contributed by atoms with E-state index < -0.39 is 9.84 Å². The van der Waals surface area contributed by atoms with Gasteiger partial charge in [0.2, 0.25) is 0 Å². The largest absolute Gasteiger partial charge is 0.348 e. The van der Waals surface area contributed by atoms with Crippen LogP contribution in [0.1, 0.15) is 22.8 Å². The van der Waals surface area contributed by atoms with E-state index in [0.29, 0.717) is 17.7 Å². The molecule has 0 saturated heterocycles. The first kappa shape index (κ1) is 16.2. The van der Waals surface area contributed by atoms with E-state index in [4.69, 9.17) is 0 Å². The normalized spacial score (nSPS) is 12.8. The third-order valence-electron chi connectivity index (χ3n) is 3.02. The molecule has 1 aromatic carbocycles. The van der Waals surface area contributed by atoms with Crippen molar-refractivity contribution in [3.05, 3.63) is 53.9 Å². The highest BCUT2D eigenvalue weighted by molar-refractivity contribution is 7.89. The molecule has 0 aliphatic rings. The fraction of sp³-hybridized carbons (Fsp3) is 0.333. The van der Waals surface area contributed by atoms with Crippen molar-refractivity contribution in [1.82, 2.24) is 15.1 Å². The summed E-state index contributed by atoms with van der Waals surface area (Å²) in [6.07, 6.45) is 4.69. The quantitative estimate of drug-likeness (QED) is 0.868. The van der Waals surface area contributed by atoms with E-state index in [9.17, 15) is 13.2 Å². The fourth-order valence-electron chi connectivity index (χ4n) is 2.15. The van der Waals surface area contributed by atoms with Gasteiger partial charge in [-0.3, -0.25) is 9.48 Å². The molecule has 0 aliphatic heterocycles. The standard InChI is InChI=1S/C15H19N3O3S/c1-12(10-18-8-4-7-16-18)17-15(19)14-6-3-5-13(9-14)11-22(2,20)21/h3-9,12H,10-11H2,1-2H3,(H,17,19)/t12-/m1/s1. The summed E-state index contributed by atoms with van der Waals surface area (Å²) in [5.74, 6) is -0.299. The van der Waals surface area contributed by atoms with Crippen LogP contribution in [0.15, 0.2) is 42.7 Å². The minimum Gasteiger partial charge on any atom is -0.348 e. The second kappa shape index (κ2) is 6.74. The van der Waals surface area contributed by atoms with Gasteiger partial charge in [-0.15, -0.1) is 0 Å². The van der Waals surface area contributed by atoms with Gasteiger partial charge in [-0.05, 0) is 30.7 Å². The average Bonchev–Trinajstić information content (AvgIpc) is 2.89. The Bertz CT molecular complexity index is 739. The first-order valence-electron chi connectivity index (χ1n) is 6.88. The van der Waals surface area contributed by atoms with E-state index >= 15 is 0 Å². The highest BCUT2D eigenvalue weighted by atomic mass is 32.2. The summed E-state index contributed by atoms with van der Waals surface area (Å²) in [7, 11) is -3.12. The molecule has 1 aromatic heterocycles. The molecule has 0 saturated carbocycles. The van der Waals surface area contributed by atoms with Gasteiger partial charge in [0, 0.05) is 30.3 Å². The highest BCUT2D eigenvalue weighted by Gasteiger charge is 2.12. The van der Waals surface area contributed by atoms with Gasteiger partial charge in [0.25, 0.3) is 5.91 Å². The number of nitrogens with zero attached hydrogens (tertiary/aromatic N) is 2. The van der Waals surface area contributed by atoms with Crippen molar-refractivity contribution in [2.45, 2.75) is 25.3 Å². The van der Waals surface area contributed by atoms with E-state index in [0.717, 1.165) is 0 Å². The topological polar surface area (TPSA) is 81.1 Å². The molecule has 0 fully saturated rings. The van der Waals surface area contributed by atoms with Crippen LogP contribution in [0.3, 0.4) is 0 Å². The Morgan fingerprint density at radius 3 is 2.77 bits per heavy atom. The molecule has 7 heteroatoms. The zero-order valence-electron chi connectivity index (χ0n) is 12.6. The number of benzene rings is 1. The third kappa shape index (κ3) is 5.00. The highest BCUT2D eigenvalue weighted by Crippen LogP contribution is 2.09. The van der Waals surface area contributed by atoms with Crippen LogP contribution in [0.4, 0.5) is 0 Å². The molecule has 0 spiro atoms. The molecule has 118 valence electrons. The van der Waals surface area contributed by atoms with Crippen molar-refractivity contribution in [3.63, 3.8) is 0 Å². The van der Waals surface area contributed by atoms with Gasteiger partial charge in [0.15, 0.2) is 9.84 Å². The van der Waals surface area contributed by atoms with E-state index in [1.807, 2.05) is 19.2 Å². The Morgan fingerprint density at radius 1 is 1.36 bits per heavy atom. The number of rotatable bonds is 6. The summed E-state index contributed by atoms with van der Waals surface area (Å²) in [4.78, 5) is 12.2. The molecule has 0 bridgehead atoms. The minimum atomic E-state index is -3.12. The molecule has 1 heterocycles. The number of hydrogen-bond donors (Lipinski definition) is 1. The number of carbonyl (C=O) groups is 1. The van der Waals surface area contributed by atoms with E-state index in [2.05, 4.69) is 10.4 Å². The van der Waals surface area contributed by atoms with Crippen LogP contribution in [0.2, 0.25) is 0 Å². The number of aromatic nitrogens is 2. The second-order valence-corrected chi connectivity index (χ2v) is 7.51. The van der Waals surface area contributed by atoms with Crippen molar-refractivity contribution in [2.75, 3.05) is 6.26 Å². The Hall–Kier alpha value is -2.15. The van der Waals surface area contributed by atoms with Crippen molar-refractivity contribution in [3.8, 4) is 0 Å². The lowest BCUT2D eigenvalue weighted by atomic mass is 10.1. The monoisotopic (exact) mass is 321 g/mol. The first-order chi connectivity index (χ1) is 10.3. The van der Waals surface area contributed by atoms with Crippen molar-refractivity contribution >= 4 is 15.7 Å².